The summed E-state index contributed by atoms with van der Waals surface area (Å²) in [7, 11) is 0. The highest BCUT2D eigenvalue weighted by Gasteiger charge is 1.99. The molecule has 76 valence electrons. The fourth-order valence-corrected chi connectivity index (χ4v) is 1.38. The van der Waals surface area contributed by atoms with Crippen LogP contribution < -0.4 is 5.32 Å². The van der Waals surface area contributed by atoms with Crippen LogP contribution in [0.3, 0.4) is 0 Å². The predicted molar refractivity (Wildman–Crippen MR) is 60.4 cm³/mol. The summed E-state index contributed by atoms with van der Waals surface area (Å²) in [5.41, 5.74) is 2.98. The van der Waals surface area contributed by atoms with Crippen molar-refractivity contribution in [3.63, 3.8) is 0 Å². The minimum atomic E-state index is 0.285. The molecule has 1 heterocycles. The number of pyridine rings is 1. The Hall–Kier alpha value is -2.03. The Bertz CT molecular complexity index is 454. The number of phenols is 1. The van der Waals surface area contributed by atoms with E-state index in [1.54, 1.807) is 24.5 Å². The zero-order valence-corrected chi connectivity index (χ0v) is 8.44. The molecule has 0 unspecified atom stereocenters. The molecule has 3 heteroatoms. The lowest BCUT2D eigenvalue weighted by atomic mass is 10.2. The average Bonchev–Trinajstić information content (AvgIpc) is 2.24. The minimum absolute atomic E-state index is 0.285. The van der Waals surface area contributed by atoms with Crippen molar-refractivity contribution in [2.75, 3.05) is 5.32 Å². The van der Waals surface area contributed by atoms with Crippen LogP contribution >= 0.6 is 0 Å². The van der Waals surface area contributed by atoms with Crippen LogP contribution in [0, 0.1) is 6.92 Å². The Morgan fingerprint density at radius 1 is 1.13 bits per heavy atom. The van der Waals surface area contributed by atoms with E-state index in [-0.39, 0.29) is 5.75 Å². The maximum atomic E-state index is 9.27. The smallest absolute Gasteiger partial charge is 0.115 e. The molecule has 0 aliphatic rings. The van der Waals surface area contributed by atoms with Gasteiger partial charge >= 0.3 is 0 Å². The van der Waals surface area contributed by atoms with Crippen molar-refractivity contribution in [3.05, 3.63) is 48.3 Å². The number of hydrogen-bond donors (Lipinski definition) is 2. The first-order valence-electron chi connectivity index (χ1n) is 4.72. The zero-order valence-electron chi connectivity index (χ0n) is 8.44. The molecule has 0 saturated heterocycles. The second-order valence-corrected chi connectivity index (χ2v) is 3.36. The highest BCUT2D eigenvalue weighted by molar-refractivity contribution is 5.63. The third-order valence-corrected chi connectivity index (χ3v) is 2.17. The molecule has 0 bridgehead atoms. The summed E-state index contributed by atoms with van der Waals surface area (Å²) in [6.07, 6.45) is 3.47. The maximum absolute atomic E-state index is 9.27. The number of phenolic OH excluding ortho intramolecular Hbond substituents is 1. The van der Waals surface area contributed by atoms with Gasteiger partial charge in [-0.2, -0.15) is 0 Å². The van der Waals surface area contributed by atoms with E-state index in [1.807, 2.05) is 25.1 Å². The van der Waals surface area contributed by atoms with Gasteiger partial charge in [0.15, 0.2) is 0 Å². The number of nitrogens with one attached hydrogen (secondary N) is 1. The number of aromatic nitrogens is 1. The largest absolute Gasteiger partial charge is 0.508 e. The summed E-state index contributed by atoms with van der Waals surface area (Å²) in [6, 6.07) is 9.03. The Morgan fingerprint density at radius 2 is 1.87 bits per heavy atom. The Balaban J connectivity index is 2.25. The van der Waals surface area contributed by atoms with Gasteiger partial charge in [-0.05, 0) is 42.8 Å². The molecule has 0 aliphatic carbocycles. The normalized spacial score (nSPS) is 9.93. The number of benzene rings is 1. The molecule has 0 radical (unpaired) electrons. The van der Waals surface area contributed by atoms with Crippen molar-refractivity contribution in [1.82, 2.24) is 4.98 Å². The number of nitrogens with zero attached hydrogens (tertiary/aromatic N) is 1. The third kappa shape index (κ3) is 2.26. The molecule has 0 fully saturated rings. The van der Waals surface area contributed by atoms with E-state index in [4.69, 9.17) is 0 Å². The highest BCUT2D eigenvalue weighted by atomic mass is 16.3. The van der Waals surface area contributed by atoms with Gasteiger partial charge in [-0.1, -0.05) is 0 Å². The zero-order chi connectivity index (χ0) is 10.7. The Labute approximate surface area is 88.4 Å². The topological polar surface area (TPSA) is 45.1 Å². The van der Waals surface area contributed by atoms with Crippen LogP contribution in [0.15, 0.2) is 42.7 Å². The van der Waals surface area contributed by atoms with Crippen molar-refractivity contribution in [2.45, 2.75) is 6.92 Å². The molecule has 15 heavy (non-hydrogen) atoms. The van der Waals surface area contributed by atoms with Gasteiger partial charge in [-0.3, -0.25) is 4.98 Å². The van der Waals surface area contributed by atoms with Gasteiger partial charge in [0.05, 0.1) is 0 Å². The summed E-state index contributed by atoms with van der Waals surface area (Å²) in [5.74, 6) is 0.285. The molecule has 0 spiro atoms. The van der Waals surface area contributed by atoms with Crippen molar-refractivity contribution in [3.8, 4) is 5.75 Å². The number of hydrogen-bond acceptors (Lipinski definition) is 3. The van der Waals surface area contributed by atoms with E-state index in [0.29, 0.717) is 0 Å². The second-order valence-electron chi connectivity index (χ2n) is 3.36. The Morgan fingerprint density at radius 3 is 2.53 bits per heavy atom. The maximum Gasteiger partial charge on any atom is 0.115 e. The van der Waals surface area contributed by atoms with E-state index in [9.17, 15) is 5.11 Å². The summed E-state index contributed by atoms with van der Waals surface area (Å²) in [4.78, 5) is 3.94. The molecule has 1 aromatic heterocycles. The second kappa shape index (κ2) is 4.00. The van der Waals surface area contributed by atoms with Gasteiger partial charge in [0.2, 0.25) is 0 Å². The van der Waals surface area contributed by atoms with Crippen LogP contribution in [-0.2, 0) is 0 Å². The summed E-state index contributed by atoms with van der Waals surface area (Å²) < 4.78 is 0. The molecule has 3 nitrogen and oxygen atoms in total. The van der Waals surface area contributed by atoms with Gasteiger partial charge < -0.3 is 10.4 Å². The number of aryl methyl sites for hydroxylation is 1. The fraction of sp³-hybridized carbons (Fsp3) is 0.0833. The lowest BCUT2D eigenvalue weighted by molar-refractivity contribution is 0.475. The summed E-state index contributed by atoms with van der Waals surface area (Å²) in [5, 5.41) is 12.5. The van der Waals surface area contributed by atoms with E-state index < -0.39 is 0 Å². The highest BCUT2D eigenvalue weighted by Crippen LogP contribution is 2.23. The summed E-state index contributed by atoms with van der Waals surface area (Å²) in [6.45, 7) is 1.95. The van der Waals surface area contributed by atoms with Gasteiger partial charge in [0, 0.05) is 23.8 Å². The number of aromatic hydroxyl groups is 1. The van der Waals surface area contributed by atoms with E-state index >= 15 is 0 Å². The molecule has 2 rings (SSSR count). The molecular formula is C12H12N2O. The quantitative estimate of drug-likeness (QED) is 0.733. The van der Waals surface area contributed by atoms with Crippen LogP contribution in [0.25, 0.3) is 0 Å². The molecule has 2 N–H and O–H groups in total. The van der Waals surface area contributed by atoms with Gasteiger partial charge in [-0.15, -0.1) is 0 Å². The van der Waals surface area contributed by atoms with Crippen LogP contribution in [-0.4, -0.2) is 10.1 Å². The minimum Gasteiger partial charge on any atom is -0.508 e. The standard InChI is InChI=1S/C12H12N2O/c1-9-8-11(15)2-3-12(9)14-10-4-6-13-7-5-10/h2-8,15H,1H3,(H,13,14). The third-order valence-electron chi connectivity index (χ3n) is 2.17. The van der Waals surface area contributed by atoms with Gasteiger partial charge in [0.1, 0.15) is 5.75 Å². The molecular weight excluding hydrogens is 188 g/mol. The number of anilines is 2. The van der Waals surface area contributed by atoms with E-state index in [1.165, 1.54) is 0 Å². The SMILES string of the molecule is Cc1cc(O)ccc1Nc1ccncc1. The average molecular weight is 200 g/mol. The molecule has 1 aromatic carbocycles. The first kappa shape index (κ1) is 9.52. The van der Waals surface area contributed by atoms with Crippen molar-refractivity contribution in [1.29, 1.82) is 0 Å². The molecule has 0 saturated carbocycles. The first-order valence-corrected chi connectivity index (χ1v) is 4.72. The first-order chi connectivity index (χ1) is 7.25. The molecule has 0 amide bonds. The van der Waals surface area contributed by atoms with Crippen molar-refractivity contribution in [2.24, 2.45) is 0 Å². The van der Waals surface area contributed by atoms with E-state index in [2.05, 4.69) is 10.3 Å². The predicted octanol–water partition coefficient (Wildman–Crippen LogP) is 2.84. The monoisotopic (exact) mass is 200 g/mol. The van der Waals surface area contributed by atoms with Crippen LogP contribution in [0.5, 0.6) is 5.75 Å². The van der Waals surface area contributed by atoms with Crippen LogP contribution in [0.4, 0.5) is 11.4 Å². The van der Waals surface area contributed by atoms with Crippen molar-refractivity contribution >= 4 is 11.4 Å². The lowest BCUT2D eigenvalue weighted by Gasteiger charge is -2.09. The fourth-order valence-electron chi connectivity index (χ4n) is 1.38. The molecule has 0 aliphatic heterocycles. The van der Waals surface area contributed by atoms with Gasteiger partial charge in [0.25, 0.3) is 0 Å². The summed E-state index contributed by atoms with van der Waals surface area (Å²) >= 11 is 0. The number of rotatable bonds is 2. The van der Waals surface area contributed by atoms with Crippen molar-refractivity contribution < 1.29 is 5.11 Å². The molecule has 0 atom stereocenters. The Kier molecular flexibility index (Phi) is 2.54. The van der Waals surface area contributed by atoms with E-state index in [0.717, 1.165) is 16.9 Å². The van der Waals surface area contributed by atoms with Crippen LogP contribution in [0.2, 0.25) is 0 Å². The van der Waals surface area contributed by atoms with Gasteiger partial charge in [-0.25, -0.2) is 0 Å². The molecule has 2 aromatic rings. The lowest BCUT2D eigenvalue weighted by Crippen LogP contribution is -1.92. The van der Waals surface area contributed by atoms with Crippen LogP contribution in [0.1, 0.15) is 5.56 Å².